The van der Waals surface area contributed by atoms with Crippen LogP contribution in [0.4, 0.5) is 0 Å². The molecule has 0 radical (unpaired) electrons. The van der Waals surface area contributed by atoms with Crippen LogP contribution in [0.25, 0.3) is 0 Å². The molecule has 84 valence electrons. The Bertz CT molecular complexity index is 268. The molecule has 0 aromatic heterocycles. The summed E-state index contributed by atoms with van der Waals surface area (Å²) in [4.78, 5) is 0. The average molecular weight is 222 g/mol. The van der Waals surface area contributed by atoms with Crippen LogP contribution in [0.3, 0.4) is 0 Å². The summed E-state index contributed by atoms with van der Waals surface area (Å²) in [7, 11) is 0. The van der Waals surface area contributed by atoms with Crippen LogP contribution in [-0.4, -0.2) is 10.5 Å². The minimum atomic E-state index is 0.671. The SMILES string of the molecule is CC1SC(C)C23CC=CCC12CCCC3. The lowest BCUT2D eigenvalue weighted by Gasteiger charge is -2.54. The van der Waals surface area contributed by atoms with Crippen LogP contribution in [0, 0.1) is 10.8 Å². The van der Waals surface area contributed by atoms with Crippen molar-refractivity contribution in [2.45, 2.75) is 62.9 Å². The lowest BCUT2D eigenvalue weighted by Crippen LogP contribution is -2.49. The molecule has 0 bridgehead atoms. The van der Waals surface area contributed by atoms with Gasteiger partial charge >= 0.3 is 0 Å². The smallest absolute Gasteiger partial charge is 0.00868 e. The highest BCUT2D eigenvalue weighted by atomic mass is 32.2. The number of hydrogen-bond donors (Lipinski definition) is 0. The van der Waals surface area contributed by atoms with E-state index in [1.54, 1.807) is 0 Å². The van der Waals surface area contributed by atoms with E-state index in [2.05, 4.69) is 37.8 Å². The van der Waals surface area contributed by atoms with E-state index in [-0.39, 0.29) is 0 Å². The molecule has 0 aromatic rings. The minimum absolute atomic E-state index is 0.671. The van der Waals surface area contributed by atoms with Crippen LogP contribution in [0.1, 0.15) is 52.4 Å². The van der Waals surface area contributed by atoms with Gasteiger partial charge in [0, 0.05) is 10.5 Å². The van der Waals surface area contributed by atoms with E-state index in [0.717, 1.165) is 10.5 Å². The zero-order valence-corrected chi connectivity index (χ0v) is 10.8. The Morgan fingerprint density at radius 3 is 1.87 bits per heavy atom. The fraction of sp³-hybridized carbons (Fsp3) is 0.857. The van der Waals surface area contributed by atoms with Gasteiger partial charge in [-0.25, -0.2) is 0 Å². The van der Waals surface area contributed by atoms with Crippen molar-refractivity contribution >= 4 is 11.8 Å². The van der Waals surface area contributed by atoms with Crippen molar-refractivity contribution in [3.8, 4) is 0 Å². The summed E-state index contributed by atoms with van der Waals surface area (Å²) in [5.74, 6) is 0. The second-order valence-electron chi connectivity index (χ2n) is 5.82. The van der Waals surface area contributed by atoms with Gasteiger partial charge in [0.2, 0.25) is 0 Å². The highest BCUT2D eigenvalue weighted by Gasteiger charge is 2.62. The van der Waals surface area contributed by atoms with Crippen molar-refractivity contribution in [1.29, 1.82) is 0 Å². The van der Waals surface area contributed by atoms with Gasteiger partial charge in [-0.05, 0) is 36.5 Å². The number of thioether (sulfide) groups is 1. The molecule has 0 amide bonds. The predicted octanol–water partition coefficient (Wildman–Crippen LogP) is 4.41. The summed E-state index contributed by atoms with van der Waals surface area (Å²) in [5.41, 5.74) is 1.34. The molecule has 1 heterocycles. The zero-order valence-electron chi connectivity index (χ0n) is 9.96. The van der Waals surface area contributed by atoms with E-state index in [1.807, 2.05) is 0 Å². The largest absolute Gasteiger partial charge is 0.155 e. The van der Waals surface area contributed by atoms with E-state index >= 15 is 0 Å². The van der Waals surface area contributed by atoms with Crippen molar-refractivity contribution in [2.75, 3.05) is 0 Å². The van der Waals surface area contributed by atoms with Crippen molar-refractivity contribution in [1.82, 2.24) is 0 Å². The molecule has 4 atom stereocenters. The van der Waals surface area contributed by atoms with Crippen LogP contribution in [0.5, 0.6) is 0 Å². The average Bonchev–Trinajstić information content (AvgIpc) is 2.50. The summed E-state index contributed by atoms with van der Waals surface area (Å²) in [6.45, 7) is 4.99. The third-order valence-electron chi connectivity index (χ3n) is 5.58. The van der Waals surface area contributed by atoms with Crippen molar-refractivity contribution < 1.29 is 0 Å². The maximum atomic E-state index is 2.49. The van der Waals surface area contributed by atoms with Crippen molar-refractivity contribution in [3.05, 3.63) is 12.2 Å². The molecular weight excluding hydrogens is 200 g/mol. The van der Waals surface area contributed by atoms with Crippen LogP contribution >= 0.6 is 11.8 Å². The van der Waals surface area contributed by atoms with E-state index in [9.17, 15) is 0 Å². The molecule has 2 aliphatic carbocycles. The van der Waals surface area contributed by atoms with Crippen LogP contribution in [-0.2, 0) is 0 Å². The lowest BCUT2D eigenvalue weighted by atomic mass is 9.49. The third-order valence-corrected chi connectivity index (χ3v) is 7.30. The first-order valence-electron chi connectivity index (χ1n) is 6.52. The summed E-state index contributed by atoms with van der Waals surface area (Å²) in [5, 5.41) is 1.77. The highest BCUT2D eigenvalue weighted by Crippen LogP contribution is 2.70. The summed E-state index contributed by atoms with van der Waals surface area (Å²) >= 11 is 2.27. The number of hydrogen-bond acceptors (Lipinski definition) is 1. The predicted molar refractivity (Wildman–Crippen MR) is 68.2 cm³/mol. The molecule has 1 aliphatic heterocycles. The quantitative estimate of drug-likeness (QED) is 0.547. The Morgan fingerprint density at radius 1 is 0.933 bits per heavy atom. The molecule has 4 unspecified atom stereocenters. The van der Waals surface area contributed by atoms with Gasteiger partial charge in [-0.2, -0.15) is 11.8 Å². The van der Waals surface area contributed by atoms with Crippen LogP contribution in [0.15, 0.2) is 12.2 Å². The first-order chi connectivity index (χ1) is 7.21. The summed E-state index contributed by atoms with van der Waals surface area (Å²) < 4.78 is 0. The van der Waals surface area contributed by atoms with E-state index in [4.69, 9.17) is 0 Å². The van der Waals surface area contributed by atoms with Crippen LogP contribution in [0.2, 0.25) is 0 Å². The fourth-order valence-corrected chi connectivity index (χ4v) is 6.72. The Morgan fingerprint density at radius 2 is 1.40 bits per heavy atom. The molecule has 3 rings (SSSR count). The molecule has 0 nitrogen and oxygen atoms in total. The Balaban J connectivity index is 2.09. The van der Waals surface area contributed by atoms with Gasteiger partial charge < -0.3 is 0 Å². The topological polar surface area (TPSA) is 0 Å². The zero-order chi connectivity index (χ0) is 10.5. The Hall–Kier alpha value is 0.0900. The Kier molecular flexibility index (Phi) is 2.25. The van der Waals surface area contributed by atoms with Gasteiger partial charge in [-0.3, -0.25) is 0 Å². The van der Waals surface area contributed by atoms with Gasteiger partial charge in [-0.15, -0.1) is 0 Å². The second kappa shape index (κ2) is 3.29. The summed E-state index contributed by atoms with van der Waals surface area (Å²) in [6, 6.07) is 0. The normalized spacial score (nSPS) is 53.7. The molecule has 1 saturated carbocycles. The molecule has 1 heteroatoms. The van der Waals surface area contributed by atoms with E-state index < -0.39 is 0 Å². The number of rotatable bonds is 0. The van der Waals surface area contributed by atoms with E-state index in [1.165, 1.54) is 38.5 Å². The van der Waals surface area contributed by atoms with Gasteiger partial charge in [0.1, 0.15) is 0 Å². The van der Waals surface area contributed by atoms with Gasteiger partial charge in [0.15, 0.2) is 0 Å². The Labute approximate surface area is 97.9 Å². The number of allylic oxidation sites excluding steroid dienone is 2. The third kappa shape index (κ3) is 1.11. The van der Waals surface area contributed by atoms with E-state index in [0.29, 0.717) is 10.8 Å². The monoisotopic (exact) mass is 222 g/mol. The molecular formula is C14H22S. The lowest BCUT2D eigenvalue weighted by molar-refractivity contribution is -0.00164. The molecule has 0 spiro atoms. The van der Waals surface area contributed by atoms with Gasteiger partial charge in [-0.1, -0.05) is 38.8 Å². The minimum Gasteiger partial charge on any atom is -0.155 e. The first-order valence-corrected chi connectivity index (χ1v) is 7.46. The molecule has 0 N–H and O–H groups in total. The van der Waals surface area contributed by atoms with Crippen molar-refractivity contribution in [3.63, 3.8) is 0 Å². The highest BCUT2D eigenvalue weighted by molar-refractivity contribution is 8.00. The molecule has 2 fully saturated rings. The summed E-state index contributed by atoms with van der Waals surface area (Å²) in [6.07, 6.45) is 13.6. The molecule has 1 saturated heterocycles. The first kappa shape index (κ1) is 10.3. The maximum absolute atomic E-state index is 2.49. The molecule has 3 aliphatic rings. The van der Waals surface area contributed by atoms with Crippen LogP contribution < -0.4 is 0 Å². The molecule has 15 heavy (non-hydrogen) atoms. The van der Waals surface area contributed by atoms with Gasteiger partial charge in [0.25, 0.3) is 0 Å². The second-order valence-corrected chi connectivity index (χ2v) is 7.51. The standard InChI is InChI=1S/C14H22S/c1-11-13-7-3-5-9-14(13,12(2)15-11)10-6-4-8-13/h3,5,11-12H,4,6-10H2,1-2H3. The molecule has 0 aromatic carbocycles. The maximum Gasteiger partial charge on any atom is 0.00868 e. The van der Waals surface area contributed by atoms with Gasteiger partial charge in [0.05, 0.1) is 0 Å². The van der Waals surface area contributed by atoms with Crippen molar-refractivity contribution in [2.24, 2.45) is 10.8 Å². The fourth-order valence-electron chi connectivity index (χ4n) is 4.69.